The fraction of sp³-hybridized carbons (Fsp3) is 0.190. The summed E-state index contributed by atoms with van der Waals surface area (Å²) in [5, 5.41) is 3.84. The van der Waals surface area contributed by atoms with Gasteiger partial charge in [-0.1, -0.05) is 6.92 Å². The van der Waals surface area contributed by atoms with Gasteiger partial charge in [-0.25, -0.2) is 27.0 Å². The Hall–Kier alpha value is -3.95. The van der Waals surface area contributed by atoms with E-state index < -0.39 is 67.2 Å². The van der Waals surface area contributed by atoms with Crippen LogP contribution in [0.5, 0.6) is 5.75 Å². The van der Waals surface area contributed by atoms with Crippen LogP contribution < -0.4 is 10.4 Å². The summed E-state index contributed by atoms with van der Waals surface area (Å²) in [6.45, 7) is 1.24. The molecule has 16 heteroatoms. The quantitative estimate of drug-likeness (QED) is 0.342. The molecule has 0 N–H and O–H groups in total. The minimum absolute atomic E-state index is 0.258. The average Bonchev–Trinajstić information content (AvgIpc) is 3.14. The van der Waals surface area contributed by atoms with E-state index in [0.717, 1.165) is 18.3 Å². The second kappa shape index (κ2) is 8.86. The normalized spacial score (nSPS) is 12.8. The molecule has 3 heterocycles. The molecular weight excluding hydrogens is 537 g/mol. The first-order valence-corrected chi connectivity index (χ1v) is 11.7. The highest BCUT2D eigenvalue weighted by atomic mass is 32.2. The van der Waals surface area contributed by atoms with Crippen molar-refractivity contribution in [1.29, 1.82) is 0 Å². The lowest BCUT2D eigenvalue weighted by atomic mass is 10.1. The molecule has 196 valence electrons. The average molecular weight is 550 g/mol. The van der Waals surface area contributed by atoms with Crippen LogP contribution >= 0.6 is 0 Å². The van der Waals surface area contributed by atoms with Crippen LogP contribution in [0.4, 0.5) is 30.7 Å². The lowest BCUT2D eigenvalue weighted by molar-refractivity contribution is -0.274. The summed E-state index contributed by atoms with van der Waals surface area (Å²) < 4.78 is 122. The summed E-state index contributed by atoms with van der Waals surface area (Å²) in [5.74, 6) is -2.96. The van der Waals surface area contributed by atoms with Crippen LogP contribution in [0.25, 0.3) is 22.6 Å². The zero-order chi connectivity index (χ0) is 27.3. The van der Waals surface area contributed by atoms with Gasteiger partial charge in [0.25, 0.3) is 0 Å². The smallest absolute Gasteiger partial charge is 0.406 e. The predicted molar refractivity (Wildman–Crippen MR) is 113 cm³/mol. The van der Waals surface area contributed by atoms with Crippen molar-refractivity contribution in [2.45, 2.75) is 24.4 Å². The van der Waals surface area contributed by atoms with Crippen molar-refractivity contribution in [2.24, 2.45) is 0 Å². The van der Waals surface area contributed by atoms with Gasteiger partial charge < -0.3 is 4.74 Å². The van der Waals surface area contributed by atoms with Crippen LogP contribution in [0.15, 0.2) is 58.5 Å². The van der Waals surface area contributed by atoms with Gasteiger partial charge in [-0.2, -0.15) is 17.9 Å². The van der Waals surface area contributed by atoms with Gasteiger partial charge in [-0.05, 0) is 36.4 Å². The van der Waals surface area contributed by atoms with Crippen LogP contribution in [-0.2, 0) is 16.0 Å². The third-order valence-corrected chi connectivity index (χ3v) is 6.81. The molecule has 3 aromatic heterocycles. The summed E-state index contributed by atoms with van der Waals surface area (Å²) in [4.78, 5) is 16.1. The summed E-state index contributed by atoms with van der Waals surface area (Å²) >= 11 is 0. The van der Waals surface area contributed by atoms with Gasteiger partial charge >= 0.3 is 18.2 Å². The van der Waals surface area contributed by atoms with Crippen molar-refractivity contribution in [2.75, 3.05) is 5.75 Å². The summed E-state index contributed by atoms with van der Waals surface area (Å²) in [6, 6.07) is 4.49. The molecule has 0 aliphatic carbocycles. The molecule has 0 bridgehead atoms. The molecule has 0 spiro atoms. The van der Waals surface area contributed by atoms with Crippen LogP contribution in [0.1, 0.15) is 12.5 Å². The summed E-state index contributed by atoms with van der Waals surface area (Å²) in [5.41, 5.74) is -3.38. The number of alkyl halides is 6. The molecule has 0 aliphatic rings. The number of hydrogen-bond donors (Lipinski definition) is 0. The highest BCUT2D eigenvalue weighted by Gasteiger charge is 2.33. The van der Waals surface area contributed by atoms with Crippen LogP contribution in [0.3, 0.4) is 0 Å². The van der Waals surface area contributed by atoms with Gasteiger partial charge in [-0.3, -0.25) is 0 Å². The molecule has 8 nitrogen and oxygen atoms in total. The van der Waals surface area contributed by atoms with Crippen molar-refractivity contribution in [1.82, 2.24) is 19.2 Å². The first-order valence-electron chi connectivity index (χ1n) is 10.1. The Bertz CT molecular complexity index is 1680. The van der Waals surface area contributed by atoms with E-state index in [1.807, 2.05) is 0 Å². The molecule has 0 aliphatic heterocycles. The van der Waals surface area contributed by atoms with Gasteiger partial charge in [0.2, 0.25) is 0 Å². The molecule has 4 rings (SSSR count). The van der Waals surface area contributed by atoms with Crippen molar-refractivity contribution in [3.8, 4) is 22.7 Å². The zero-order valence-electron chi connectivity index (χ0n) is 18.3. The topological polar surface area (TPSA) is 95.6 Å². The SMILES string of the molecule is CCS(=O)(=O)c1cc(-c2cc(OC(F)(F)F)ccc2F)cnc1-n1nc2ccc(C(F)(F)F)cn2c1=O. The molecule has 0 unspecified atom stereocenters. The van der Waals surface area contributed by atoms with E-state index in [1.54, 1.807) is 0 Å². The number of halogens is 7. The highest BCUT2D eigenvalue weighted by Crippen LogP contribution is 2.33. The van der Waals surface area contributed by atoms with Crippen LogP contribution in [0, 0.1) is 5.82 Å². The second-order valence-electron chi connectivity index (χ2n) is 7.48. The number of rotatable bonds is 5. The number of pyridine rings is 2. The molecule has 0 saturated carbocycles. The van der Waals surface area contributed by atoms with Gasteiger partial charge in [0.05, 0.1) is 11.3 Å². The van der Waals surface area contributed by atoms with E-state index in [-0.39, 0.29) is 11.2 Å². The van der Waals surface area contributed by atoms with Crippen molar-refractivity contribution >= 4 is 15.5 Å². The minimum Gasteiger partial charge on any atom is -0.406 e. The monoisotopic (exact) mass is 550 g/mol. The Balaban J connectivity index is 1.92. The Morgan fingerprint density at radius 1 is 1.03 bits per heavy atom. The lowest BCUT2D eigenvalue weighted by Crippen LogP contribution is -2.23. The number of fused-ring (bicyclic) bond motifs is 1. The molecule has 4 aromatic rings. The largest absolute Gasteiger partial charge is 0.573 e. The molecule has 0 atom stereocenters. The number of nitrogens with zero attached hydrogens (tertiary/aromatic N) is 4. The van der Waals surface area contributed by atoms with Crippen molar-refractivity contribution in [3.63, 3.8) is 0 Å². The number of ether oxygens (including phenoxy) is 1. The standard InChI is InChI=1S/C21H13F7N4O4S/c1-2-37(34,35)16-7-11(14-8-13(4-5-15(14)22)36-21(26,27)28)9-29-18(16)32-19(33)31-10-12(20(23,24)25)3-6-17(31)30-32/h3-10H,2H2,1H3. The van der Waals surface area contributed by atoms with Crippen LogP contribution in [0.2, 0.25) is 0 Å². The van der Waals surface area contributed by atoms with Gasteiger partial charge in [0, 0.05) is 23.5 Å². The predicted octanol–water partition coefficient (Wildman–Crippen LogP) is 4.40. The fourth-order valence-electron chi connectivity index (χ4n) is 3.33. The lowest BCUT2D eigenvalue weighted by Gasteiger charge is -2.13. The summed E-state index contributed by atoms with van der Waals surface area (Å²) in [7, 11) is -4.23. The zero-order valence-corrected chi connectivity index (χ0v) is 19.1. The molecular formula is C21H13F7N4O4S. The van der Waals surface area contributed by atoms with E-state index in [1.165, 1.54) is 6.92 Å². The Kier molecular flexibility index (Phi) is 6.26. The van der Waals surface area contributed by atoms with E-state index in [0.29, 0.717) is 39.5 Å². The maximum atomic E-state index is 14.5. The molecule has 1 aromatic carbocycles. The van der Waals surface area contributed by atoms with E-state index >= 15 is 0 Å². The molecule has 0 radical (unpaired) electrons. The van der Waals surface area contributed by atoms with Crippen LogP contribution in [-0.4, -0.2) is 39.7 Å². The molecule has 0 amide bonds. The van der Waals surface area contributed by atoms with E-state index in [4.69, 9.17) is 0 Å². The van der Waals surface area contributed by atoms with Gasteiger partial charge in [-0.15, -0.1) is 18.3 Å². The number of aromatic nitrogens is 4. The van der Waals surface area contributed by atoms with E-state index in [9.17, 15) is 43.9 Å². The summed E-state index contributed by atoms with van der Waals surface area (Å²) in [6.07, 6.45) is -8.51. The molecule has 0 saturated heterocycles. The first kappa shape index (κ1) is 26.1. The highest BCUT2D eigenvalue weighted by molar-refractivity contribution is 7.91. The minimum atomic E-state index is -5.08. The van der Waals surface area contributed by atoms with Crippen molar-refractivity contribution in [3.05, 3.63) is 70.7 Å². The fourth-order valence-corrected chi connectivity index (χ4v) is 4.37. The third kappa shape index (κ3) is 5.14. The third-order valence-electron chi connectivity index (χ3n) is 5.08. The second-order valence-corrected chi connectivity index (χ2v) is 9.72. The number of sulfone groups is 1. The molecule has 0 fully saturated rings. The van der Waals surface area contributed by atoms with Gasteiger partial charge in [0.15, 0.2) is 21.3 Å². The number of benzene rings is 1. The van der Waals surface area contributed by atoms with E-state index in [2.05, 4.69) is 14.8 Å². The number of hydrogen-bond acceptors (Lipinski definition) is 6. The Labute approximate surface area is 202 Å². The van der Waals surface area contributed by atoms with Crippen molar-refractivity contribution < 1.29 is 43.9 Å². The Morgan fingerprint density at radius 2 is 1.73 bits per heavy atom. The maximum Gasteiger partial charge on any atom is 0.573 e. The molecule has 37 heavy (non-hydrogen) atoms. The van der Waals surface area contributed by atoms with Gasteiger partial charge in [0.1, 0.15) is 16.5 Å². The Morgan fingerprint density at radius 3 is 2.35 bits per heavy atom. The maximum absolute atomic E-state index is 14.5. The first-order chi connectivity index (χ1) is 17.1.